The molecule has 0 amide bonds. The quantitative estimate of drug-likeness (QED) is 0.204. The molecule has 8 nitrogen and oxygen atoms in total. The van der Waals surface area contributed by atoms with E-state index in [1.807, 2.05) is 18.2 Å². The first-order valence-corrected chi connectivity index (χ1v) is 5.98. The molecule has 0 spiro atoms. The average molecular weight is 264 g/mol. The lowest BCUT2D eigenvalue weighted by Gasteiger charge is -2.01. The fourth-order valence-electron chi connectivity index (χ4n) is 1.67. The molecule has 102 valence electrons. The summed E-state index contributed by atoms with van der Waals surface area (Å²) in [7, 11) is 1.60. The fraction of sp³-hybridized carbons (Fsp3) is 0.364. The lowest BCUT2D eigenvalue weighted by atomic mass is 10.3. The number of nitrogens with zero attached hydrogens (tertiary/aromatic N) is 4. The van der Waals surface area contributed by atoms with E-state index in [1.54, 1.807) is 12.6 Å². The number of aromatic nitrogens is 3. The summed E-state index contributed by atoms with van der Waals surface area (Å²) in [6.07, 6.45) is 0.788. The first kappa shape index (κ1) is 13.4. The summed E-state index contributed by atoms with van der Waals surface area (Å²) < 4.78 is 1.51. The average Bonchev–Trinajstić information content (AvgIpc) is 2.82. The topological polar surface area (TPSA) is 121 Å². The van der Waals surface area contributed by atoms with Gasteiger partial charge < -0.3 is 11.5 Å². The standard InChI is InChI=1S/C11H17N7O/c1-19-16-8-3-4-9-10(7-8)18(17-15-9)11(13)14-6-2-5-12/h3-4,7,16H,2,5-6,12H2,1H3,(H2,13,14)/p+1. The third-order valence-corrected chi connectivity index (χ3v) is 2.58. The van der Waals surface area contributed by atoms with Gasteiger partial charge in [0.15, 0.2) is 5.69 Å². The number of fused-ring (bicyclic) bond motifs is 1. The highest BCUT2D eigenvalue weighted by Crippen LogP contribution is 2.13. The molecule has 6 N–H and O–H groups in total. The van der Waals surface area contributed by atoms with Crippen LogP contribution in [0.25, 0.3) is 11.0 Å². The third kappa shape index (κ3) is 3.05. The van der Waals surface area contributed by atoms with Crippen LogP contribution in [-0.2, 0) is 4.84 Å². The first-order chi connectivity index (χ1) is 9.26. The normalized spacial score (nSPS) is 12.2. The molecule has 0 unspecified atom stereocenters. The van der Waals surface area contributed by atoms with Gasteiger partial charge in [-0.05, 0) is 19.0 Å². The van der Waals surface area contributed by atoms with Crippen LogP contribution in [-0.4, -0.2) is 41.2 Å². The maximum atomic E-state index is 5.90. The van der Waals surface area contributed by atoms with Gasteiger partial charge in [0.25, 0.3) is 0 Å². The second kappa shape index (κ2) is 6.23. The van der Waals surface area contributed by atoms with Crippen molar-refractivity contribution in [3.63, 3.8) is 0 Å². The summed E-state index contributed by atoms with van der Waals surface area (Å²) in [5, 5.41) is 8.04. The Balaban J connectivity index is 2.32. The highest BCUT2D eigenvalue weighted by molar-refractivity contribution is 5.90. The van der Waals surface area contributed by atoms with Crippen molar-refractivity contribution in [3.05, 3.63) is 18.2 Å². The number of quaternary nitrogens is 1. The predicted octanol–water partition coefficient (Wildman–Crippen LogP) is -1.30. The van der Waals surface area contributed by atoms with Crippen LogP contribution in [0.3, 0.4) is 0 Å². The first-order valence-electron chi connectivity index (χ1n) is 5.98. The molecule has 0 bridgehead atoms. The Kier molecular flexibility index (Phi) is 4.39. The van der Waals surface area contributed by atoms with Gasteiger partial charge in [0.1, 0.15) is 11.0 Å². The van der Waals surface area contributed by atoms with Crippen LogP contribution >= 0.6 is 0 Å². The molecule has 1 aromatic carbocycles. The number of hydrogen-bond acceptors (Lipinski definition) is 5. The van der Waals surface area contributed by atoms with Crippen LogP contribution in [0.5, 0.6) is 0 Å². The fourth-order valence-corrected chi connectivity index (χ4v) is 1.67. The second-order valence-corrected chi connectivity index (χ2v) is 3.99. The minimum absolute atomic E-state index is 0.311. The van der Waals surface area contributed by atoms with E-state index >= 15 is 0 Å². The SMILES string of the molecule is CO[NH2+]c1ccc2nnn(C(N)=NCCCN)c2c1. The molecular formula is C11H18N7O+. The van der Waals surface area contributed by atoms with Gasteiger partial charge in [0.05, 0.1) is 7.11 Å². The molecule has 0 aliphatic rings. The van der Waals surface area contributed by atoms with E-state index in [4.69, 9.17) is 16.3 Å². The van der Waals surface area contributed by atoms with E-state index in [0.717, 1.165) is 23.1 Å². The smallest absolute Gasteiger partial charge is 0.218 e. The zero-order chi connectivity index (χ0) is 13.7. The van der Waals surface area contributed by atoms with Crippen molar-refractivity contribution >= 4 is 22.7 Å². The molecule has 0 aliphatic carbocycles. The molecule has 2 rings (SSSR count). The van der Waals surface area contributed by atoms with Crippen LogP contribution in [0, 0.1) is 0 Å². The van der Waals surface area contributed by atoms with Crippen molar-refractivity contribution in [2.45, 2.75) is 6.42 Å². The van der Waals surface area contributed by atoms with Crippen LogP contribution in [0.15, 0.2) is 23.2 Å². The van der Waals surface area contributed by atoms with Gasteiger partial charge in [-0.1, -0.05) is 5.21 Å². The maximum absolute atomic E-state index is 5.90. The molecule has 2 aromatic rings. The molecule has 0 aliphatic heterocycles. The Morgan fingerprint density at radius 1 is 1.53 bits per heavy atom. The van der Waals surface area contributed by atoms with E-state index in [-0.39, 0.29) is 0 Å². The zero-order valence-corrected chi connectivity index (χ0v) is 10.8. The minimum atomic E-state index is 0.311. The largest absolute Gasteiger partial charge is 0.368 e. The molecule has 0 saturated carbocycles. The molecule has 19 heavy (non-hydrogen) atoms. The van der Waals surface area contributed by atoms with Gasteiger partial charge in [0, 0.05) is 18.7 Å². The lowest BCUT2D eigenvalue weighted by Crippen LogP contribution is -2.75. The molecule has 1 aromatic heterocycles. The Hall–Kier alpha value is -2.03. The van der Waals surface area contributed by atoms with E-state index in [1.165, 1.54) is 4.68 Å². The summed E-state index contributed by atoms with van der Waals surface area (Å²) >= 11 is 0. The van der Waals surface area contributed by atoms with Gasteiger partial charge >= 0.3 is 0 Å². The number of aliphatic imine (C=N–C) groups is 1. The number of benzene rings is 1. The lowest BCUT2D eigenvalue weighted by molar-refractivity contribution is -0.830. The van der Waals surface area contributed by atoms with Gasteiger partial charge in [-0.2, -0.15) is 10.2 Å². The molecule has 0 fully saturated rings. The van der Waals surface area contributed by atoms with E-state index in [0.29, 0.717) is 19.0 Å². The van der Waals surface area contributed by atoms with Crippen LogP contribution in [0.1, 0.15) is 6.42 Å². The molecular weight excluding hydrogens is 246 g/mol. The van der Waals surface area contributed by atoms with E-state index in [9.17, 15) is 0 Å². The van der Waals surface area contributed by atoms with Gasteiger partial charge in [-0.25, -0.2) is 4.84 Å². The summed E-state index contributed by atoms with van der Waals surface area (Å²) in [6.45, 7) is 1.16. The summed E-state index contributed by atoms with van der Waals surface area (Å²) in [5.74, 6) is 0.311. The van der Waals surface area contributed by atoms with Gasteiger partial charge in [-0.3, -0.25) is 4.99 Å². The monoisotopic (exact) mass is 264 g/mol. The van der Waals surface area contributed by atoms with Crippen molar-refractivity contribution in [3.8, 4) is 0 Å². The van der Waals surface area contributed by atoms with Crippen molar-refractivity contribution in [1.82, 2.24) is 15.0 Å². The molecule has 1 heterocycles. The van der Waals surface area contributed by atoms with Crippen molar-refractivity contribution in [1.29, 1.82) is 0 Å². The molecule has 0 saturated heterocycles. The van der Waals surface area contributed by atoms with Crippen molar-refractivity contribution < 1.29 is 10.3 Å². The van der Waals surface area contributed by atoms with E-state index < -0.39 is 0 Å². The van der Waals surface area contributed by atoms with Crippen molar-refractivity contribution in [2.75, 3.05) is 20.2 Å². The molecule has 8 heteroatoms. The molecule has 0 radical (unpaired) electrons. The third-order valence-electron chi connectivity index (χ3n) is 2.58. The Morgan fingerprint density at radius 2 is 2.37 bits per heavy atom. The highest BCUT2D eigenvalue weighted by Gasteiger charge is 2.09. The predicted molar refractivity (Wildman–Crippen MR) is 71.7 cm³/mol. The van der Waals surface area contributed by atoms with E-state index in [2.05, 4.69) is 15.3 Å². The minimum Gasteiger partial charge on any atom is -0.368 e. The van der Waals surface area contributed by atoms with Gasteiger partial charge in [-0.15, -0.1) is 5.10 Å². The number of hydrogen-bond donors (Lipinski definition) is 3. The maximum Gasteiger partial charge on any atom is 0.218 e. The zero-order valence-electron chi connectivity index (χ0n) is 10.8. The van der Waals surface area contributed by atoms with Crippen LogP contribution in [0.4, 0.5) is 5.69 Å². The Bertz CT molecular complexity index is 577. The second-order valence-electron chi connectivity index (χ2n) is 3.99. The molecule has 0 atom stereocenters. The van der Waals surface area contributed by atoms with Crippen molar-refractivity contribution in [2.24, 2.45) is 16.5 Å². The van der Waals surface area contributed by atoms with Crippen LogP contribution in [0.2, 0.25) is 0 Å². The summed E-state index contributed by atoms with van der Waals surface area (Å²) in [5.41, 5.74) is 15.4. The Labute approximate surface area is 110 Å². The van der Waals surface area contributed by atoms with Gasteiger partial charge in [0.2, 0.25) is 5.96 Å². The summed E-state index contributed by atoms with van der Waals surface area (Å²) in [4.78, 5) is 9.20. The number of rotatable bonds is 5. The highest BCUT2D eigenvalue weighted by atomic mass is 16.6. The Morgan fingerprint density at radius 3 is 3.11 bits per heavy atom. The number of nitrogens with two attached hydrogens (primary N) is 3. The summed E-state index contributed by atoms with van der Waals surface area (Å²) in [6, 6.07) is 5.65. The van der Waals surface area contributed by atoms with Crippen LogP contribution < -0.4 is 16.9 Å².